The van der Waals surface area contributed by atoms with E-state index >= 15 is 0 Å². The summed E-state index contributed by atoms with van der Waals surface area (Å²) < 4.78 is 5.54. The minimum absolute atomic E-state index is 0.187. The number of nitrogens with zero attached hydrogens (tertiary/aromatic N) is 2. The molecule has 39 heavy (non-hydrogen) atoms. The van der Waals surface area contributed by atoms with Crippen LogP contribution < -0.4 is 30.5 Å². The largest absolute Gasteiger partial charge is 0.495 e. The highest BCUT2D eigenvalue weighted by molar-refractivity contribution is 6.44. The van der Waals surface area contributed by atoms with Gasteiger partial charge in [0, 0.05) is 44.1 Å². The monoisotopic (exact) mass is 569 g/mol. The third-order valence-electron chi connectivity index (χ3n) is 6.42. The second kappa shape index (κ2) is 13.0. The van der Waals surface area contributed by atoms with Crippen LogP contribution in [0.2, 0.25) is 10.0 Å². The molecule has 0 bridgehead atoms. The molecule has 3 aromatic rings. The van der Waals surface area contributed by atoms with E-state index in [1.165, 1.54) is 0 Å². The Balaban J connectivity index is 1.52. The zero-order valence-electron chi connectivity index (χ0n) is 22.3. The number of hydrogen-bond donors (Lipinski definition) is 3. The molecule has 3 aromatic carbocycles. The average Bonchev–Trinajstić information content (AvgIpc) is 2.94. The first kappa shape index (κ1) is 28.4. The number of methoxy groups -OCH3 is 1. The lowest BCUT2D eigenvalue weighted by Gasteiger charge is -2.38. The van der Waals surface area contributed by atoms with E-state index in [4.69, 9.17) is 27.9 Å². The second-order valence-corrected chi connectivity index (χ2v) is 10.4. The Bertz CT molecular complexity index is 1330. The average molecular weight is 571 g/mol. The number of para-hydroxylation sites is 2. The SMILES string of the molecule is COc1ccccc1N1CCN(c2ccc(NC(=O)Nc3cccc(Cl)c3Cl)cc2C(=O)NCC(C)C)CC1. The van der Waals surface area contributed by atoms with Crippen molar-refractivity contribution in [1.29, 1.82) is 0 Å². The van der Waals surface area contributed by atoms with Crippen LogP contribution >= 0.6 is 23.2 Å². The van der Waals surface area contributed by atoms with E-state index < -0.39 is 6.03 Å². The highest BCUT2D eigenvalue weighted by Gasteiger charge is 2.24. The number of piperazine rings is 1. The summed E-state index contributed by atoms with van der Waals surface area (Å²) in [7, 11) is 1.68. The van der Waals surface area contributed by atoms with E-state index in [1.54, 1.807) is 37.4 Å². The fourth-order valence-electron chi connectivity index (χ4n) is 4.43. The topological polar surface area (TPSA) is 85.9 Å². The maximum absolute atomic E-state index is 13.3. The molecule has 0 saturated carbocycles. The van der Waals surface area contributed by atoms with Crippen molar-refractivity contribution in [2.24, 2.45) is 5.92 Å². The van der Waals surface area contributed by atoms with Gasteiger partial charge in [-0.25, -0.2) is 4.79 Å². The highest BCUT2D eigenvalue weighted by Crippen LogP contribution is 2.32. The molecule has 0 aromatic heterocycles. The van der Waals surface area contributed by atoms with Gasteiger partial charge < -0.3 is 30.5 Å². The molecule has 1 aliphatic heterocycles. The molecular formula is C29H33Cl2N5O3. The van der Waals surface area contributed by atoms with Crippen LogP contribution in [0.4, 0.5) is 27.5 Å². The van der Waals surface area contributed by atoms with Gasteiger partial charge in [0.2, 0.25) is 0 Å². The molecule has 3 amide bonds. The molecule has 0 radical (unpaired) electrons. The molecule has 0 spiro atoms. The third kappa shape index (κ3) is 7.07. The van der Waals surface area contributed by atoms with Crippen LogP contribution in [0.15, 0.2) is 60.7 Å². The standard InChI is InChI=1S/C29H33Cl2N5O3/c1-19(2)18-32-28(37)21-17-20(33-29(38)34-23-8-6-7-22(30)27(23)31)11-12-24(21)35-13-15-36(16-14-35)25-9-4-5-10-26(25)39-3/h4-12,17,19H,13-16,18H2,1-3H3,(H,32,37)(H2,33,34,38). The number of ether oxygens (including phenoxy) is 1. The zero-order chi connectivity index (χ0) is 27.9. The number of carbonyl (C=O) groups excluding carboxylic acids is 2. The number of carbonyl (C=O) groups is 2. The molecular weight excluding hydrogens is 537 g/mol. The van der Waals surface area contributed by atoms with Gasteiger partial charge in [-0.1, -0.05) is 55.2 Å². The lowest BCUT2D eigenvalue weighted by molar-refractivity contribution is 0.0949. The quantitative estimate of drug-likeness (QED) is 0.294. The van der Waals surface area contributed by atoms with Crippen LogP contribution in [0.3, 0.4) is 0 Å². The fraction of sp³-hybridized carbons (Fsp3) is 0.310. The molecule has 0 atom stereocenters. The van der Waals surface area contributed by atoms with E-state index in [-0.39, 0.29) is 10.9 Å². The summed E-state index contributed by atoms with van der Waals surface area (Å²) in [6.07, 6.45) is 0. The first-order chi connectivity index (χ1) is 18.8. The summed E-state index contributed by atoms with van der Waals surface area (Å²) in [5, 5.41) is 9.10. The molecule has 1 heterocycles. The Labute approximate surface area is 239 Å². The number of halogens is 2. The first-order valence-electron chi connectivity index (χ1n) is 12.8. The Morgan fingerprint density at radius 2 is 1.59 bits per heavy atom. The van der Waals surface area contributed by atoms with Gasteiger partial charge in [-0.05, 0) is 48.4 Å². The molecule has 0 aliphatic carbocycles. The van der Waals surface area contributed by atoms with Crippen molar-refractivity contribution < 1.29 is 14.3 Å². The molecule has 10 heteroatoms. The maximum atomic E-state index is 13.3. The van der Waals surface area contributed by atoms with Crippen LogP contribution in [0, 0.1) is 5.92 Å². The lowest BCUT2D eigenvalue weighted by Crippen LogP contribution is -2.47. The Kier molecular flexibility index (Phi) is 9.43. The van der Waals surface area contributed by atoms with E-state index in [0.717, 1.165) is 43.3 Å². The van der Waals surface area contributed by atoms with Crippen molar-refractivity contribution in [3.8, 4) is 5.75 Å². The number of amides is 3. The number of nitrogens with one attached hydrogen (secondary N) is 3. The summed E-state index contributed by atoms with van der Waals surface area (Å²) in [6, 6.07) is 17.9. The van der Waals surface area contributed by atoms with Crippen LogP contribution in [-0.2, 0) is 0 Å². The van der Waals surface area contributed by atoms with Gasteiger partial charge in [0.25, 0.3) is 5.91 Å². The van der Waals surface area contributed by atoms with Crippen LogP contribution in [0.5, 0.6) is 5.75 Å². The van der Waals surface area contributed by atoms with Gasteiger partial charge in [0.05, 0.1) is 34.1 Å². The normalized spacial score (nSPS) is 13.3. The van der Waals surface area contributed by atoms with Crippen molar-refractivity contribution in [1.82, 2.24) is 5.32 Å². The maximum Gasteiger partial charge on any atom is 0.323 e. The molecule has 1 saturated heterocycles. The zero-order valence-corrected chi connectivity index (χ0v) is 23.8. The molecule has 1 fully saturated rings. The van der Waals surface area contributed by atoms with Gasteiger partial charge in [-0.3, -0.25) is 4.79 Å². The van der Waals surface area contributed by atoms with Crippen molar-refractivity contribution in [3.63, 3.8) is 0 Å². The van der Waals surface area contributed by atoms with Gasteiger partial charge in [0.1, 0.15) is 5.75 Å². The highest BCUT2D eigenvalue weighted by atomic mass is 35.5. The van der Waals surface area contributed by atoms with Gasteiger partial charge in [0.15, 0.2) is 0 Å². The van der Waals surface area contributed by atoms with E-state index in [2.05, 4.69) is 31.8 Å². The second-order valence-electron chi connectivity index (χ2n) is 9.66. The first-order valence-corrected chi connectivity index (χ1v) is 13.6. The summed E-state index contributed by atoms with van der Waals surface area (Å²) in [5.74, 6) is 0.955. The van der Waals surface area contributed by atoms with Gasteiger partial charge in [-0.2, -0.15) is 0 Å². The molecule has 0 unspecified atom stereocenters. The predicted molar refractivity (Wildman–Crippen MR) is 160 cm³/mol. The molecule has 8 nitrogen and oxygen atoms in total. The Morgan fingerprint density at radius 1 is 0.897 bits per heavy atom. The Morgan fingerprint density at radius 3 is 2.28 bits per heavy atom. The number of anilines is 4. The summed E-state index contributed by atoms with van der Waals surface area (Å²) in [6.45, 7) is 7.63. The van der Waals surface area contributed by atoms with E-state index in [9.17, 15) is 9.59 Å². The van der Waals surface area contributed by atoms with E-state index in [0.29, 0.717) is 34.4 Å². The lowest BCUT2D eigenvalue weighted by atomic mass is 10.1. The third-order valence-corrected chi connectivity index (χ3v) is 7.23. The van der Waals surface area contributed by atoms with E-state index in [1.807, 2.05) is 38.1 Å². The Hall–Kier alpha value is -3.62. The molecule has 1 aliphatic rings. The van der Waals surface area contributed by atoms with Crippen LogP contribution in [-0.4, -0.2) is 51.8 Å². The van der Waals surface area contributed by atoms with Crippen molar-refractivity contribution in [2.75, 3.05) is 60.3 Å². The summed E-state index contributed by atoms with van der Waals surface area (Å²) in [4.78, 5) is 30.5. The predicted octanol–water partition coefficient (Wildman–Crippen LogP) is 6.36. The number of urea groups is 1. The number of benzene rings is 3. The van der Waals surface area contributed by atoms with Crippen LogP contribution in [0.25, 0.3) is 0 Å². The molecule has 4 rings (SSSR count). The van der Waals surface area contributed by atoms with Crippen molar-refractivity contribution in [2.45, 2.75) is 13.8 Å². The van der Waals surface area contributed by atoms with Crippen molar-refractivity contribution in [3.05, 3.63) is 76.3 Å². The number of hydrogen-bond acceptors (Lipinski definition) is 5. The summed E-state index contributed by atoms with van der Waals surface area (Å²) in [5.41, 5.74) is 3.25. The van der Waals surface area contributed by atoms with Gasteiger partial charge >= 0.3 is 6.03 Å². The van der Waals surface area contributed by atoms with Crippen molar-refractivity contribution >= 4 is 57.9 Å². The number of rotatable bonds is 8. The minimum atomic E-state index is -0.495. The summed E-state index contributed by atoms with van der Waals surface area (Å²) >= 11 is 12.3. The molecule has 3 N–H and O–H groups in total. The van der Waals surface area contributed by atoms with Gasteiger partial charge in [-0.15, -0.1) is 0 Å². The minimum Gasteiger partial charge on any atom is -0.495 e. The van der Waals surface area contributed by atoms with Crippen LogP contribution in [0.1, 0.15) is 24.2 Å². The fourth-order valence-corrected chi connectivity index (χ4v) is 4.78. The molecule has 206 valence electrons. The smallest absolute Gasteiger partial charge is 0.323 e.